The van der Waals surface area contributed by atoms with E-state index in [1.54, 1.807) is 38.1 Å². The summed E-state index contributed by atoms with van der Waals surface area (Å²) in [6, 6.07) is 6.45. The molecule has 9 heteroatoms. The number of hydrogen-bond acceptors (Lipinski definition) is 8. The number of carbonyl (C=O) groups is 4. The van der Waals surface area contributed by atoms with Crippen LogP contribution < -0.4 is 10.1 Å². The number of thiophene rings is 1. The Bertz CT molecular complexity index is 931. The van der Waals surface area contributed by atoms with Gasteiger partial charge in [-0.15, -0.1) is 11.3 Å². The maximum absolute atomic E-state index is 12.3. The van der Waals surface area contributed by atoms with Crippen molar-refractivity contribution in [3.8, 4) is 5.75 Å². The number of amides is 1. The predicted molar refractivity (Wildman–Crippen MR) is 107 cm³/mol. The molecule has 0 spiro atoms. The Morgan fingerprint density at radius 1 is 1.00 bits per heavy atom. The fraction of sp³-hybridized carbons (Fsp3) is 0.300. The molecule has 1 N–H and O–H groups in total. The fourth-order valence-corrected chi connectivity index (χ4v) is 3.62. The average molecular weight is 419 g/mol. The quantitative estimate of drug-likeness (QED) is 0.517. The summed E-state index contributed by atoms with van der Waals surface area (Å²) in [4.78, 5) is 48.1. The van der Waals surface area contributed by atoms with E-state index in [-0.39, 0.29) is 27.8 Å². The molecule has 29 heavy (non-hydrogen) atoms. The van der Waals surface area contributed by atoms with Gasteiger partial charge in [0.2, 0.25) is 0 Å². The molecule has 0 unspecified atom stereocenters. The second kappa shape index (κ2) is 9.83. The number of methoxy groups -OCH3 is 2. The van der Waals surface area contributed by atoms with Gasteiger partial charge in [0.15, 0.2) is 12.4 Å². The smallest absolute Gasteiger partial charge is 0.348 e. The lowest BCUT2D eigenvalue weighted by Crippen LogP contribution is -2.21. The number of benzene rings is 1. The molecule has 8 nitrogen and oxygen atoms in total. The van der Waals surface area contributed by atoms with E-state index in [1.807, 2.05) is 0 Å². The first-order chi connectivity index (χ1) is 13.8. The molecule has 0 fully saturated rings. The van der Waals surface area contributed by atoms with E-state index in [1.165, 1.54) is 14.2 Å². The first kappa shape index (κ1) is 22.1. The minimum atomic E-state index is -0.679. The van der Waals surface area contributed by atoms with Crippen LogP contribution in [0.15, 0.2) is 24.3 Å². The van der Waals surface area contributed by atoms with E-state index in [2.05, 4.69) is 5.32 Å². The van der Waals surface area contributed by atoms with Crippen LogP contribution in [0, 0.1) is 6.92 Å². The second-order valence-electron chi connectivity index (χ2n) is 5.88. The molecule has 0 saturated heterocycles. The monoisotopic (exact) mass is 419 g/mol. The summed E-state index contributed by atoms with van der Waals surface area (Å²) in [6.07, 6.45) is 0.402. The van der Waals surface area contributed by atoms with Gasteiger partial charge in [-0.25, -0.2) is 9.59 Å². The Labute approximate surface area is 171 Å². The zero-order chi connectivity index (χ0) is 21.6. The van der Waals surface area contributed by atoms with Crippen LogP contribution in [0.1, 0.15) is 49.3 Å². The lowest BCUT2D eigenvalue weighted by Gasteiger charge is -2.08. The number of carbonyl (C=O) groups excluding carboxylic acids is 4. The fourth-order valence-electron chi connectivity index (χ4n) is 2.49. The highest BCUT2D eigenvalue weighted by Gasteiger charge is 2.26. The van der Waals surface area contributed by atoms with Gasteiger partial charge in [-0.05, 0) is 36.8 Å². The normalized spacial score (nSPS) is 10.2. The van der Waals surface area contributed by atoms with Crippen LogP contribution >= 0.6 is 11.3 Å². The van der Waals surface area contributed by atoms with Crippen LogP contribution in [-0.4, -0.2) is 44.5 Å². The molecule has 1 aromatic heterocycles. The predicted octanol–water partition coefficient (Wildman–Crippen LogP) is 3.24. The van der Waals surface area contributed by atoms with Crippen LogP contribution in [0.25, 0.3) is 0 Å². The standard InChI is InChI=1S/C20H21NO7S/c1-5-14(22)12-6-8-13(9-7-12)28-10-15(23)21-18-16(19(24)26-3)11(2)17(29-18)20(25)27-4/h6-9H,5,10H2,1-4H3,(H,21,23). The van der Waals surface area contributed by atoms with Crippen LogP contribution in [0.4, 0.5) is 5.00 Å². The summed E-state index contributed by atoms with van der Waals surface area (Å²) in [6.45, 7) is 3.02. The Balaban J connectivity index is 2.11. The van der Waals surface area contributed by atoms with E-state index >= 15 is 0 Å². The summed E-state index contributed by atoms with van der Waals surface area (Å²) >= 11 is 0.920. The molecule has 1 aromatic carbocycles. The minimum Gasteiger partial charge on any atom is -0.484 e. The number of nitrogens with one attached hydrogen (secondary N) is 1. The SMILES string of the molecule is CCC(=O)c1ccc(OCC(=O)Nc2sc(C(=O)OC)c(C)c2C(=O)OC)cc1. The zero-order valence-corrected chi connectivity index (χ0v) is 17.3. The van der Waals surface area contributed by atoms with Gasteiger partial charge in [0, 0.05) is 12.0 Å². The first-order valence-corrected chi connectivity index (χ1v) is 9.49. The molecule has 0 atom stereocenters. The number of hydrogen-bond donors (Lipinski definition) is 1. The van der Waals surface area contributed by atoms with Crippen molar-refractivity contribution in [2.45, 2.75) is 20.3 Å². The van der Waals surface area contributed by atoms with Crippen molar-refractivity contribution in [1.82, 2.24) is 0 Å². The van der Waals surface area contributed by atoms with Crippen LogP contribution in [0.2, 0.25) is 0 Å². The Morgan fingerprint density at radius 3 is 2.17 bits per heavy atom. The number of anilines is 1. The third-order valence-corrected chi connectivity index (χ3v) is 5.21. The Hall–Kier alpha value is -3.20. The number of rotatable bonds is 8. The van der Waals surface area contributed by atoms with Crippen LogP contribution in [-0.2, 0) is 14.3 Å². The zero-order valence-electron chi connectivity index (χ0n) is 16.5. The third-order valence-electron chi connectivity index (χ3n) is 4.03. The molecule has 2 rings (SSSR count). The van der Waals surface area contributed by atoms with E-state index < -0.39 is 17.8 Å². The van der Waals surface area contributed by atoms with Gasteiger partial charge in [0.05, 0.1) is 19.8 Å². The molecule has 0 aliphatic rings. The van der Waals surface area contributed by atoms with Crippen molar-refractivity contribution in [2.24, 2.45) is 0 Å². The molecule has 2 aromatic rings. The molecule has 0 radical (unpaired) electrons. The topological polar surface area (TPSA) is 108 Å². The maximum Gasteiger partial charge on any atom is 0.348 e. The number of ether oxygens (including phenoxy) is 3. The molecule has 0 aliphatic carbocycles. The molecule has 0 aliphatic heterocycles. The second-order valence-corrected chi connectivity index (χ2v) is 6.90. The van der Waals surface area contributed by atoms with Gasteiger partial charge in [-0.2, -0.15) is 0 Å². The number of ketones is 1. The van der Waals surface area contributed by atoms with Gasteiger partial charge < -0.3 is 19.5 Å². The third kappa shape index (κ3) is 5.20. The summed E-state index contributed by atoms with van der Waals surface area (Å²) in [5.41, 5.74) is 1.02. The maximum atomic E-state index is 12.3. The van der Waals surface area contributed by atoms with Gasteiger partial charge in [-0.3, -0.25) is 9.59 Å². The molecule has 1 amide bonds. The van der Waals surface area contributed by atoms with Gasteiger partial charge in [0.25, 0.3) is 5.91 Å². The number of esters is 2. The summed E-state index contributed by atoms with van der Waals surface area (Å²) < 4.78 is 14.9. The minimum absolute atomic E-state index is 0.0131. The Morgan fingerprint density at radius 2 is 1.62 bits per heavy atom. The van der Waals surface area contributed by atoms with Crippen LogP contribution in [0.3, 0.4) is 0 Å². The number of Topliss-reactive ketones (excluding diaryl/α,β-unsaturated/α-hetero) is 1. The van der Waals surface area contributed by atoms with Crippen molar-refractivity contribution in [2.75, 3.05) is 26.1 Å². The summed E-state index contributed by atoms with van der Waals surface area (Å²) in [5, 5.41) is 2.74. The average Bonchev–Trinajstić information content (AvgIpc) is 3.06. The van der Waals surface area contributed by atoms with Gasteiger partial charge >= 0.3 is 11.9 Å². The van der Waals surface area contributed by atoms with E-state index in [0.29, 0.717) is 23.3 Å². The van der Waals surface area contributed by atoms with Crippen molar-refractivity contribution < 1.29 is 33.4 Å². The first-order valence-electron chi connectivity index (χ1n) is 8.68. The highest BCUT2D eigenvalue weighted by molar-refractivity contribution is 7.18. The van der Waals surface area contributed by atoms with Crippen molar-refractivity contribution in [3.05, 3.63) is 45.8 Å². The Kier molecular flexibility index (Phi) is 7.49. The van der Waals surface area contributed by atoms with Crippen molar-refractivity contribution >= 4 is 40.0 Å². The molecular weight excluding hydrogens is 398 g/mol. The van der Waals surface area contributed by atoms with E-state index in [4.69, 9.17) is 14.2 Å². The summed E-state index contributed by atoms with van der Waals surface area (Å²) in [5.74, 6) is -1.39. The lowest BCUT2D eigenvalue weighted by atomic mass is 10.1. The molecular formula is C20H21NO7S. The molecule has 0 bridgehead atoms. The van der Waals surface area contributed by atoms with E-state index in [9.17, 15) is 19.2 Å². The van der Waals surface area contributed by atoms with Crippen LogP contribution in [0.5, 0.6) is 5.75 Å². The van der Waals surface area contributed by atoms with Crippen molar-refractivity contribution in [3.63, 3.8) is 0 Å². The van der Waals surface area contributed by atoms with E-state index in [0.717, 1.165) is 11.3 Å². The molecule has 0 saturated carbocycles. The highest BCUT2D eigenvalue weighted by Crippen LogP contribution is 2.34. The van der Waals surface area contributed by atoms with Gasteiger partial charge in [-0.1, -0.05) is 6.92 Å². The van der Waals surface area contributed by atoms with Crippen molar-refractivity contribution in [1.29, 1.82) is 0 Å². The van der Waals surface area contributed by atoms with Gasteiger partial charge in [0.1, 0.15) is 15.6 Å². The largest absolute Gasteiger partial charge is 0.484 e. The lowest BCUT2D eigenvalue weighted by molar-refractivity contribution is -0.118. The summed E-state index contributed by atoms with van der Waals surface area (Å²) in [7, 11) is 2.43. The highest BCUT2D eigenvalue weighted by atomic mass is 32.1. The molecule has 154 valence electrons. The molecule has 1 heterocycles.